The molecule has 0 saturated heterocycles. The molecule has 0 saturated carbocycles. The minimum Gasteiger partial charge on any atom is -0.485 e. The van der Waals surface area contributed by atoms with E-state index in [1.165, 1.54) is 12.1 Å². The SMILES string of the molecule is CCNCCOc1ccc(Cl)cc1[N+](=O)[O-]. The number of nitro benzene ring substituents is 1. The molecule has 0 amide bonds. The maximum absolute atomic E-state index is 10.7. The van der Waals surface area contributed by atoms with Gasteiger partial charge in [0.1, 0.15) is 6.61 Å². The normalized spacial score (nSPS) is 10.1. The summed E-state index contributed by atoms with van der Waals surface area (Å²) in [5.41, 5.74) is -0.107. The molecule has 0 spiro atoms. The molecule has 0 atom stereocenters. The van der Waals surface area contributed by atoms with Crippen molar-refractivity contribution in [2.45, 2.75) is 6.92 Å². The van der Waals surface area contributed by atoms with Crippen LogP contribution >= 0.6 is 11.6 Å². The quantitative estimate of drug-likeness (QED) is 0.474. The molecule has 0 heterocycles. The Kier molecular flexibility index (Phi) is 5.01. The van der Waals surface area contributed by atoms with Crippen LogP contribution in [0.1, 0.15) is 6.92 Å². The minimum absolute atomic E-state index is 0.107. The van der Waals surface area contributed by atoms with E-state index in [9.17, 15) is 10.1 Å². The van der Waals surface area contributed by atoms with Crippen molar-refractivity contribution in [2.24, 2.45) is 0 Å². The fraction of sp³-hybridized carbons (Fsp3) is 0.400. The summed E-state index contributed by atoms with van der Waals surface area (Å²) < 4.78 is 5.29. The van der Waals surface area contributed by atoms with Crippen LogP contribution in [0.3, 0.4) is 0 Å². The monoisotopic (exact) mass is 244 g/mol. The molecule has 0 aliphatic rings. The maximum Gasteiger partial charge on any atom is 0.312 e. The number of nitrogens with zero attached hydrogens (tertiary/aromatic N) is 1. The van der Waals surface area contributed by atoms with E-state index in [1.807, 2.05) is 6.92 Å². The van der Waals surface area contributed by atoms with Crippen LogP contribution in [0.25, 0.3) is 0 Å². The Morgan fingerprint density at radius 2 is 2.31 bits per heavy atom. The molecule has 6 heteroatoms. The van der Waals surface area contributed by atoms with E-state index in [1.54, 1.807) is 6.07 Å². The van der Waals surface area contributed by atoms with Gasteiger partial charge in [0.2, 0.25) is 0 Å². The van der Waals surface area contributed by atoms with Gasteiger partial charge in [-0.1, -0.05) is 18.5 Å². The molecular formula is C10H13ClN2O3. The summed E-state index contributed by atoms with van der Waals surface area (Å²) in [4.78, 5) is 10.2. The third kappa shape index (κ3) is 3.67. The van der Waals surface area contributed by atoms with E-state index in [0.29, 0.717) is 18.2 Å². The van der Waals surface area contributed by atoms with E-state index in [-0.39, 0.29) is 11.4 Å². The van der Waals surface area contributed by atoms with Gasteiger partial charge in [0.05, 0.1) is 4.92 Å². The number of likely N-dealkylation sites (N-methyl/N-ethyl adjacent to an activating group) is 1. The third-order valence-electron chi connectivity index (χ3n) is 1.90. The van der Waals surface area contributed by atoms with Gasteiger partial charge < -0.3 is 10.1 Å². The number of ether oxygens (including phenoxy) is 1. The summed E-state index contributed by atoms with van der Waals surface area (Å²) in [5, 5.41) is 14.1. The highest BCUT2D eigenvalue weighted by Gasteiger charge is 2.15. The maximum atomic E-state index is 10.7. The van der Waals surface area contributed by atoms with E-state index in [2.05, 4.69) is 5.32 Å². The fourth-order valence-corrected chi connectivity index (χ4v) is 1.33. The molecule has 1 N–H and O–H groups in total. The molecule has 88 valence electrons. The zero-order valence-electron chi connectivity index (χ0n) is 8.90. The summed E-state index contributed by atoms with van der Waals surface area (Å²) in [6.45, 7) is 3.85. The molecule has 0 radical (unpaired) electrons. The van der Waals surface area contributed by atoms with Gasteiger partial charge in [-0.3, -0.25) is 10.1 Å². The predicted octanol–water partition coefficient (Wildman–Crippen LogP) is 2.24. The fourth-order valence-electron chi connectivity index (χ4n) is 1.17. The number of nitro groups is 1. The highest BCUT2D eigenvalue weighted by Crippen LogP contribution is 2.29. The highest BCUT2D eigenvalue weighted by molar-refractivity contribution is 6.30. The van der Waals surface area contributed by atoms with Crippen molar-refractivity contribution < 1.29 is 9.66 Å². The van der Waals surface area contributed by atoms with Crippen molar-refractivity contribution in [1.29, 1.82) is 0 Å². The summed E-state index contributed by atoms with van der Waals surface area (Å²) in [6.07, 6.45) is 0. The lowest BCUT2D eigenvalue weighted by atomic mass is 10.3. The van der Waals surface area contributed by atoms with Crippen LogP contribution in [0.15, 0.2) is 18.2 Å². The molecule has 0 aliphatic heterocycles. The lowest BCUT2D eigenvalue weighted by Crippen LogP contribution is -2.20. The first-order valence-electron chi connectivity index (χ1n) is 4.92. The minimum atomic E-state index is -0.505. The first-order valence-corrected chi connectivity index (χ1v) is 5.30. The van der Waals surface area contributed by atoms with Gasteiger partial charge >= 0.3 is 5.69 Å². The zero-order chi connectivity index (χ0) is 12.0. The zero-order valence-corrected chi connectivity index (χ0v) is 9.66. The van der Waals surface area contributed by atoms with Crippen molar-refractivity contribution in [3.8, 4) is 5.75 Å². The van der Waals surface area contributed by atoms with Crippen molar-refractivity contribution in [3.63, 3.8) is 0 Å². The van der Waals surface area contributed by atoms with Crippen LogP contribution < -0.4 is 10.1 Å². The number of rotatable bonds is 6. The summed E-state index contributed by atoms with van der Waals surface area (Å²) >= 11 is 5.67. The summed E-state index contributed by atoms with van der Waals surface area (Å²) in [5.74, 6) is 0.243. The van der Waals surface area contributed by atoms with Crippen LogP contribution in [0.2, 0.25) is 5.02 Å². The van der Waals surface area contributed by atoms with Gasteiger partial charge in [0.15, 0.2) is 5.75 Å². The summed E-state index contributed by atoms with van der Waals surface area (Å²) in [7, 11) is 0. The standard InChI is InChI=1S/C10H13ClN2O3/c1-2-12-5-6-16-10-4-3-8(11)7-9(10)13(14)15/h3-4,7,12H,2,5-6H2,1H3. The van der Waals surface area contributed by atoms with Crippen molar-refractivity contribution in [2.75, 3.05) is 19.7 Å². The Morgan fingerprint density at radius 3 is 2.94 bits per heavy atom. The number of halogens is 1. The second-order valence-corrected chi connectivity index (χ2v) is 3.51. The van der Waals surface area contributed by atoms with Crippen LogP contribution in [0.4, 0.5) is 5.69 Å². The highest BCUT2D eigenvalue weighted by atomic mass is 35.5. The Balaban J connectivity index is 2.67. The van der Waals surface area contributed by atoms with Crippen LogP contribution in [0, 0.1) is 10.1 Å². The van der Waals surface area contributed by atoms with Gasteiger partial charge in [0, 0.05) is 17.6 Å². The van der Waals surface area contributed by atoms with E-state index >= 15 is 0 Å². The Hall–Kier alpha value is -1.33. The molecule has 0 unspecified atom stereocenters. The topological polar surface area (TPSA) is 64.4 Å². The van der Waals surface area contributed by atoms with Crippen molar-refractivity contribution >= 4 is 17.3 Å². The van der Waals surface area contributed by atoms with Crippen molar-refractivity contribution in [3.05, 3.63) is 33.3 Å². The Labute approximate surface area is 98.5 Å². The Morgan fingerprint density at radius 1 is 1.56 bits per heavy atom. The van der Waals surface area contributed by atoms with Gasteiger partial charge in [-0.05, 0) is 18.7 Å². The third-order valence-corrected chi connectivity index (χ3v) is 2.14. The number of nitrogens with one attached hydrogen (secondary N) is 1. The van der Waals surface area contributed by atoms with E-state index < -0.39 is 4.92 Å². The molecule has 0 aliphatic carbocycles. The molecule has 5 nitrogen and oxygen atoms in total. The van der Waals surface area contributed by atoms with Crippen LogP contribution in [-0.4, -0.2) is 24.6 Å². The first kappa shape index (κ1) is 12.7. The molecule has 1 rings (SSSR count). The molecule has 16 heavy (non-hydrogen) atoms. The molecule has 1 aromatic rings. The van der Waals surface area contributed by atoms with E-state index in [0.717, 1.165) is 6.54 Å². The van der Waals surface area contributed by atoms with Gasteiger partial charge in [0.25, 0.3) is 0 Å². The van der Waals surface area contributed by atoms with Crippen LogP contribution in [0.5, 0.6) is 5.75 Å². The largest absolute Gasteiger partial charge is 0.485 e. The molecule has 0 bridgehead atoms. The average molecular weight is 245 g/mol. The second kappa shape index (κ2) is 6.30. The molecule has 0 fully saturated rings. The number of hydrogen-bond donors (Lipinski definition) is 1. The molecule has 0 aromatic heterocycles. The lowest BCUT2D eigenvalue weighted by Gasteiger charge is -2.06. The average Bonchev–Trinajstić information content (AvgIpc) is 2.26. The predicted molar refractivity (Wildman–Crippen MR) is 62.1 cm³/mol. The van der Waals surface area contributed by atoms with Crippen molar-refractivity contribution in [1.82, 2.24) is 5.32 Å². The van der Waals surface area contributed by atoms with E-state index in [4.69, 9.17) is 16.3 Å². The van der Waals surface area contributed by atoms with Gasteiger partial charge in [-0.25, -0.2) is 0 Å². The molecule has 1 aromatic carbocycles. The second-order valence-electron chi connectivity index (χ2n) is 3.07. The van der Waals surface area contributed by atoms with Crippen LogP contribution in [-0.2, 0) is 0 Å². The smallest absolute Gasteiger partial charge is 0.312 e. The first-order chi connectivity index (χ1) is 7.65. The molecular weight excluding hydrogens is 232 g/mol. The number of benzene rings is 1. The Bertz CT molecular complexity index is 371. The summed E-state index contributed by atoms with van der Waals surface area (Å²) in [6, 6.07) is 4.35. The van der Waals surface area contributed by atoms with Gasteiger partial charge in [-0.15, -0.1) is 0 Å². The van der Waals surface area contributed by atoms with Gasteiger partial charge in [-0.2, -0.15) is 0 Å². The number of hydrogen-bond acceptors (Lipinski definition) is 4. The lowest BCUT2D eigenvalue weighted by molar-refractivity contribution is -0.385.